The van der Waals surface area contributed by atoms with Crippen LogP contribution in [0.2, 0.25) is 5.02 Å². The van der Waals surface area contributed by atoms with Gasteiger partial charge in [0.2, 0.25) is 17.6 Å². The molecular weight excluding hydrogens is 456 g/mol. The second-order valence-electron chi connectivity index (χ2n) is 8.33. The molecule has 178 valence electrons. The number of hydrogen-bond donors (Lipinski definition) is 1. The summed E-state index contributed by atoms with van der Waals surface area (Å²) in [4.78, 5) is 31.5. The second-order valence-corrected chi connectivity index (χ2v) is 8.77. The van der Waals surface area contributed by atoms with Gasteiger partial charge in [-0.15, -0.1) is 0 Å². The van der Waals surface area contributed by atoms with E-state index in [9.17, 15) is 9.59 Å². The molecule has 4 rings (SSSR count). The van der Waals surface area contributed by atoms with Crippen LogP contribution in [0.25, 0.3) is 11.4 Å². The van der Waals surface area contributed by atoms with Gasteiger partial charge >= 0.3 is 5.97 Å². The van der Waals surface area contributed by atoms with Gasteiger partial charge in [-0.25, -0.2) is 4.79 Å². The van der Waals surface area contributed by atoms with Crippen molar-refractivity contribution in [3.05, 3.63) is 64.5 Å². The van der Waals surface area contributed by atoms with Crippen LogP contribution in [0.5, 0.6) is 0 Å². The summed E-state index contributed by atoms with van der Waals surface area (Å²) in [5.74, 6) is 0.461. The number of halogens is 1. The molecule has 3 aromatic rings. The molecule has 1 aliphatic heterocycles. The van der Waals surface area contributed by atoms with Crippen molar-refractivity contribution in [1.82, 2.24) is 15.0 Å². The number of hydrogen-bond acceptors (Lipinski definition) is 7. The number of ether oxygens (including phenoxy) is 1. The van der Waals surface area contributed by atoms with Gasteiger partial charge in [-0.2, -0.15) is 4.98 Å². The lowest BCUT2D eigenvalue weighted by Crippen LogP contribution is -2.40. The Morgan fingerprint density at radius 3 is 2.76 bits per heavy atom. The summed E-state index contributed by atoms with van der Waals surface area (Å²) < 4.78 is 10.5. The van der Waals surface area contributed by atoms with Gasteiger partial charge in [0.15, 0.2) is 0 Å². The number of rotatable bonds is 7. The number of carbonyl (C=O) groups is 2. The van der Waals surface area contributed by atoms with Crippen LogP contribution in [0.1, 0.15) is 41.6 Å². The van der Waals surface area contributed by atoms with Crippen LogP contribution in [-0.4, -0.2) is 46.6 Å². The van der Waals surface area contributed by atoms with Gasteiger partial charge < -0.3 is 14.6 Å². The minimum absolute atomic E-state index is 0.0379. The number of amides is 1. The number of benzene rings is 2. The minimum Gasteiger partial charge on any atom is -0.462 e. The predicted molar refractivity (Wildman–Crippen MR) is 129 cm³/mol. The molecule has 1 N–H and O–H groups in total. The maximum absolute atomic E-state index is 13.0. The highest BCUT2D eigenvalue weighted by atomic mass is 35.5. The Morgan fingerprint density at radius 1 is 1.24 bits per heavy atom. The van der Waals surface area contributed by atoms with Crippen LogP contribution >= 0.6 is 11.6 Å². The van der Waals surface area contributed by atoms with E-state index in [1.807, 2.05) is 19.1 Å². The number of piperidine rings is 1. The lowest BCUT2D eigenvalue weighted by molar-refractivity contribution is -0.121. The average molecular weight is 483 g/mol. The van der Waals surface area contributed by atoms with Crippen molar-refractivity contribution < 1.29 is 18.8 Å². The first-order valence-electron chi connectivity index (χ1n) is 11.3. The van der Waals surface area contributed by atoms with Crippen LogP contribution in [-0.2, 0) is 16.1 Å². The molecule has 1 aromatic heterocycles. The topological polar surface area (TPSA) is 97.6 Å². The minimum atomic E-state index is -0.369. The first kappa shape index (κ1) is 23.9. The van der Waals surface area contributed by atoms with Gasteiger partial charge in [-0.1, -0.05) is 16.8 Å². The maximum atomic E-state index is 13.0. The third-order valence-electron chi connectivity index (χ3n) is 5.80. The number of aryl methyl sites for hydroxylation is 1. The normalized spacial score (nSPS) is 16.3. The average Bonchev–Trinajstić information content (AvgIpc) is 3.29. The lowest BCUT2D eigenvalue weighted by Gasteiger charge is -2.31. The number of anilines is 1. The van der Waals surface area contributed by atoms with E-state index in [1.54, 1.807) is 37.3 Å². The summed E-state index contributed by atoms with van der Waals surface area (Å²) in [6, 6.07) is 12.4. The number of carbonyl (C=O) groups excluding carboxylic acids is 2. The van der Waals surface area contributed by atoms with Crippen molar-refractivity contribution in [3.8, 4) is 11.4 Å². The molecule has 1 amide bonds. The smallest absolute Gasteiger partial charge is 0.338 e. The second kappa shape index (κ2) is 10.8. The molecule has 1 unspecified atom stereocenters. The molecule has 0 bridgehead atoms. The molecule has 0 spiro atoms. The van der Waals surface area contributed by atoms with Crippen LogP contribution in [0, 0.1) is 12.8 Å². The van der Waals surface area contributed by atoms with Gasteiger partial charge in [0, 0.05) is 22.8 Å². The summed E-state index contributed by atoms with van der Waals surface area (Å²) >= 11 is 5.94. The fourth-order valence-corrected chi connectivity index (χ4v) is 4.15. The third kappa shape index (κ3) is 5.81. The van der Waals surface area contributed by atoms with Crippen molar-refractivity contribution in [2.24, 2.45) is 5.92 Å². The van der Waals surface area contributed by atoms with Gasteiger partial charge in [-0.3, -0.25) is 9.69 Å². The monoisotopic (exact) mass is 482 g/mol. The van der Waals surface area contributed by atoms with Crippen LogP contribution in [0.4, 0.5) is 5.69 Å². The molecule has 8 nitrogen and oxygen atoms in total. The van der Waals surface area contributed by atoms with E-state index in [-0.39, 0.29) is 17.8 Å². The van der Waals surface area contributed by atoms with Gasteiger partial charge in [-0.05, 0) is 81.3 Å². The Hall–Kier alpha value is -3.23. The largest absolute Gasteiger partial charge is 0.462 e. The van der Waals surface area contributed by atoms with E-state index in [0.717, 1.165) is 30.5 Å². The zero-order valence-corrected chi connectivity index (χ0v) is 20.0. The standard InChI is InChI=1S/C25H27ClN4O4/c1-3-33-25(32)18-8-11-21(16(2)13-18)27-24(31)19-5-4-12-30(14-19)15-22-28-23(29-34-22)17-6-9-20(26)10-7-17/h6-11,13,19H,3-5,12,14-15H2,1-2H3,(H,27,31). The summed E-state index contributed by atoms with van der Waals surface area (Å²) in [6.45, 7) is 5.89. The summed E-state index contributed by atoms with van der Waals surface area (Å²) in [5, 5.41) is 7.73. The van der Waals surface area contributed by atoms with Crippen molar-refractivity contribution in [1.29, 1.82) is 0 Å². The fraction of sp³-hybridized carbons (Fsp3) is 0.360. The van der Waals surface area contributed by atoms with Crippen molar-refractivity contribution in [3.63, 3.8) is 0 Å². The Kier molecular flexibility index (Phi) is 7.59. The first-order valence-corrected chi connectivity index (χ1v) is 11.7. The van der Waals surface area contributed by atoms with Crippen LogP contribution < -0.4 is 5.32 Å². The summed E-state index contributed by atoms with van der Waals surface area (Å²) in [7, 11) is 0. The van der Waals surface area contributed by atoms with Crippen LogP contribution in [0.3, 0.4) is 0 Å². The van der Waals surface area contributed by atoms with Crippen molar-refractivity contribution in [2.45, 2.75) is 33.2 Å². The molecule has 1 atom stereocenters. The molecule has 0 aliphatic carbocycles. The lowest BCUT2D eigenvalue weighted by atomic mass is 9.96. The van der Waals surface area contributed by atoms with E-state index in [1.165, 1.54) is 0 Å². The third-order valence-corrected chi connectivity index (χ3v) is 6.05. The number of nitrogens with one attached hydrogen (secondary N) is 1. The van der Waals surface area contributed by atoms with E-state index in [2.05, 4.69) is 20.4 Å². The van der Waals surface area contributed by atoms with Gasteiger partial charge in [0.05, 0.1) is 24.6 Å². The highest BCUT2D eigenvalue weighted by Crippen LogP contribution is 2.24. The number of likely N-dealkylation sites (tertiary alicyclic amines) is 1. The van der Waals surface area contributed by atoms with Crippen molar-refractivity contribution in [2.75, 3.05) is 25.0 Å². The van der Waals surface area contributed by atoms with E-state index >= 15 is 0 Å². The molecule has 0 saturated carbocycles. The van der Waals surface area contributed by atoms with Crippen molar-refractivity contribution >= 4 is 29.2 Å². The van der Waals surface area contributed by atoms with Gasteiger partial charge in [0.1, 0.15) is 0 Å². The Balaban J connectivity index is 1.35. The number of esters is 1. The Bertz CT molecular complexity index is 1160. The first-order chi connectivity index (χ1) is 16.4. The molecular formula is C25H27ClN4O4. The van der Waals surface area contributed by atoms with E-state index in [4.69, 9.17) is 20.9 Å². The summed E-state index contributed by atoms with van der Waals surface area (Å²) in [6.07, 6.45) is 1.71. The zero-order chi connectivity index (χ0) is 24.1. The van der Waals surface area contributed by atoms with Crippen LogP contribution in [0.15, 0.2) is 47.0 Å². The molecule has 2 heterocycles. The molecule has 9 heteroatoms. The van der Waals surface area contributed by atoms with E-state index < -0.39 is 0 Å². The Morgan fingerprint density at radius 2 is 2.03 bits per heavy atom. The quantitative estimate of drug-likeness (QED) is 0.486. The molecule has 1 saturated heterocycles. The predicted octanol–water partition coefficient (Wildman–Crippen LogP) is 4.73. The molecule has 34 heavy (non-hydrogen) atoms. The Labute approximate surface area is 203 Å². The summed E-state index contributed by atoms with van der Waals surface area (Å²) in [5.41, 5.74) is 2.81. The number of aromatic nitrogens is 2. The number of nitrogens with zero attached hydrogens (tertiary/aromatic N) is 3. The molecule has 1 aliphatic rings. The van der Waals surface area contributed by atoms with E-state index in [0.29, 0.717) is 47.7 Å². The molecule has 1 fully saturated rings. The zero-order valence-electron chi connectivity index (χ0n) is 19.2. The molecule has 2 aromatic carbocycles. The fourth-order valence-electron chi connectivity index (χ4n) is 4.02. The highest BCUT2D eigenvalue weighted by molar-refractivity contribution is 6.30. The molecule has 0 radical (unpaired) electrons. The maximum Gasteiger partial charge on any atom is 0.338 e. The van der Waals surface area contributed by atoms with Gasteiger partial charge in [0.25, 0.3) is 0 Å². The SMILES string of the molecule is CCOC(=O)c1ccc(NC(=O)C2CCCN(Cc3nc(-c4ccc(Cl)cc4)no3)C2)c(C)c1. The highest BCUT2D eigenvalue weighted by Gasteiger charge is 2.27.